The predicted octanol–water partition coefficient (Wildman–Crippen LogP) is 9.58. The average Bonchev–Trinajstić information content (AvgIpc) is 2.73. The standard InChI is InChI=1S/C28H51N.ClH/c1-4-5-6-7-8-9-10-11-12-13-14-15-16-17-18-22-25-29(27(2)3)26-28-23-20-19-21-24-28;/h19-21,23-24,27H,4-18,22,25-26H2,1-3H3;1H. The molecule has 0 fully saturated rings. The zero-order valence-electron chi connectivity index (χ0n) is 20.5. The summed E-state index contributed by atoms with van der Waals surface area (Å²) in [6, 6.07) is 11.6. The van der Waals surface area contributed by atoms with E-state index in [4.69, 9.17) is 0 Å². The van der Waals surface area contributed by atoms with Gasteiger partial charge in [-0.15, -0.1) is 12.4 Å². The van der Waals surface area contributed by atoms with Crippen molar-refractivity contribution in [3.05, 3.63) is 35.9 Å². The smallest absolute Gasteiger partial charge is 0.0236 e. The van der Waals surface area contributed by atoms with Gasteiger partial charge in [-0.05, 0) is 32.4 Å². The van der Waals surface area contributed by atoms with Crippen LogP contribution in [-0.4, -0.2) is 17.5 Å². The van der Waals surface area contributed by atoms with Gasteiger partial charge in [-0.1, -0.05) is 134 Å². The van der Waals surface area contributed by atoms with Crippen molar-refractivity contribution in [1.82, 2.24) is 4.90 Å². The van der Waals surface area contributed by atoms with Crippen molar-refractivity contribution >= 4 is 12.4 Å². The zero-order valence-corrected chi connectivity index (χ0v) is 21.4. The SMILES string of the molecule is CCCCCCCCCCCCCCCCCCN(Cc1ccccc1)C(C)C.Cl. The van der Waals surface area contributed by atoms with Gasteiger partial charge >= 0.3 is 0 Å². The zero-order chi connectivity index (χ0) is 21.0. The van der Waals surface area contributed by atoms with Crippen molar-refractivity contribution < 1.29 is 0 Å². The van der Waals surface area contributed by atoms with E-state index in [0.29, 0.717) is 6.04 Å². The summed E-state index contributed by atoms with van der Waals surface area (Å²) in [6.07, 6.45) is 23.1. The van der Waals surface area contributed by atoms with Crippen LogP contribution >= 0.6 is 12.4 Å². The normalized spacial score (nSPS) is 11.2. The molecule has 1 aromatic carbocycles. The number of halogens is 1. The molecule has 0 aliphatic rings. The molecule has 0 N–H and O–H groups in total. The van der Waals surface area contributed by atoms with Gasteiger partial charge in [-0.3, -0.25) is 4.90 Å². The van der Waals surface area contributed by atoms with Gasteiger partial charge in [0.2, 0.25) is 0 Å². The lowest BCUT2D eigenvalue weighted by molar-refractivity contribution is 0.208. The lowest BCUT2D eigenvalue weighted by atomic mass is 10.0. The topological polar surface area (TPSA) is 3.24 Å². The molecule has 0 amide bonds. The van der Waals surface area contributed by atoms with E-state index in [9.17, 15) is 0 Å². The average molecular weight is 438 g/mol. The molecule has 0 unspecified atom stereocenters. The minimum Gasteiger partial charge on any atom is -0.297 e. The Morgan fingerprint density at radius 3 is 1.40 bits per heavy atom. The molecule has 0 spiro atoms. The van der Waals surface area contributed by atoms with Crippen LogP contribution in [0.25, 0.3) is 0 Å². The van der Waals surface area contributed by atoms with Crippen LogP contribution in [0.3, 0.4) is 0 Å². The van der Waals surface area contributed by atoms with E-state index in [1.807, 2.05) is 0 Å². The first-order valence-electron chi connectivity index (χ1n) is 13.0. The summed E-state index contributed by atoms with van der Waals surface area (Å²) in [6.45, 7) is 9.29. The third-order valence-corrected chi connectivity index (χ3v) is 6.26. The molecule has 0 saturated carbocycles. The van der Waals surface area contributed by atoms with Gasteiger partial charge in [0.25, 0.3) is 0 Å². The molecule has 0 radical (unpaired) electrons. The maximum Gasteiger partial charge on any atom is 0.0236 e. The molecule has 0 atom stereocenters. The second kappa shape index (κ2) is 21.7. The third-order valence-electron chi connectivity index (χ3n) is 6.26. The van der Waals surface area contributed by atoms with Crippen molar-refractivity contribution in [3.8, 4) is 0 Å². The van der Waals surface area contributed by atoms with E-state index < -0.39 is 0 Å². The Labute approximate surface area is 195 Å². The first kappa shape index (κ1) is 29.5. The van der Waals surface area contributed by atoms with Crippen LogP contribution < -0.4 is 0 Å². The van der Waals surface area contributed by atoms with Gasteiger partial charge in [0.15, 0.2) is 0 Å². The molecular formula is C28H52ClN. The molecule has 0 aliphatic carbocycles. The molecule has 1 aromatic rings. The molecule has 0 bridgehead atoms. The molecule has 1 rings (SSSR count). The molecule has 2 heteroatoms. The highest BCUT2D eigenvalue weighted by Crippen LogP contribution is 2.15. The second-order valence-electron chi connectivity index (χ2n) is 9.35. The van der Waals surface area contributed by atoms with Gasteiger partial charge in [-0.25, -0.2) is 0 Å². The van der Waals surface area contributed by atoms with Crippen molar-refractivity contribution in [2.45, 2.75) is 136 Å². The lowest BCUT2D eigenvalue weighted by Gasteiger charge is -2.26. The van der Waals surface area contributed by atoms with Gasteiger partial charge in [-0.2, -0.15) is 0 Å². The van der Waals surface area contributed by atoms with Gasteiger partial charge in [0, 0.05) is 12.6 Å². The minimum absolute atomic E-state index is 0. The highest BCUT2D eigenvalue weighted by Gasteiger charge is 2.09. The first-order chi connectivity index (χ1) is 14.2. The Hall–Kier alpha value is -0.530. The number of rotatable bonds is 20. The summed E-state index contributed by atoms with van der Waals surface area (Å²) in [5.74, 6) is 0. The molecule has 0 aliphatic heterocycles. The van der Waals surface area contributed by atoms with Crippen molar-refractivity contribution in [2.75, 3.05) is 6.54 Å². The van der Waals surface area contributed by atoms with Crippen LogP contribution in [0, 0.1) is 0 Å². The van der Waals surface area contributed by atoms with Crippen LogP contribution in [0.4, 0.5) is 0 Å². The largest absolute Gasteiger partial charge is 0.297 e. The highest BCUT2D eigenvalue weighted by molar-refractivity contribution is 5.85. The Balaban J connectivity index is 0.00000841. The maximum absolute atomic E-state index is 2.62. The summed E-state index contributed by atoms with van der Waals surface area (Å²) >= 11 is 0. The fraction of sp³-hybridized carbons (Fsp3) is 0.786. The van der Waals surface area contributed by atoms with Gasteiger partial charge in [0.1, 0.15) is 0 Å². The number of unbranched alkanes of at least 4 members (excludes halogenated alkanes) is 15. The summed E-state index contributed by atoms with van der Waals surface area (Å²) in [5, 5.41) is 0. The van der Waals surface area contributed by atoms with E-state index in [1.54, 1.807) is 0 Å². The first-order valence-corrected chi connectivity index (χ1v) is 13.0. The maximum atomic E-state index is 2.62. The highest BCUT2D eigenvalue weighted by atomic mass is 35.5. The van der Waals surface area contributed by atoms with E-state index in [2.05, 4.69) is 56.0 Å². The molecule has 0 aromatic heterocycles. The van der Waals surface area contributed by atoms with E-state index >= 15 is 0 Å². The Morgan fingerprint density at radius 1 is 0.600 bits per heavy atom. The van der Waals surface area contributed by atoms with Crippen LogP contribution in [0.5, 0.6) is 0 Å². The second-order valence-corrected chi connectivity index (χ2v) is 9.35. The van der Waals surface area contributed by atoms with Crippen LogP contribution in [0.1, 0.15) is 129 Å². The lowest BCUT2D eigenvalue weighted by Crippen LogP contribution is -2.31. The molecule has 176 valence electrons. The van der Waals surface area contributed by atoms with Crippen molar-refractivity contribution in [1.29, 1.82) is 0 Å². The third kappa shape index (κ3) is 17.2. The fourth-order valence-electron chi connectivity index (χ4n) is 4.20. The van der Waals surface area contributed by atoms with Gasteiger partial charge in [0.05, 0.1) is 0 Å². The molecule has 1 nitrogen and oxygen atoms in total. The molecule has 30 heavy (non-hydrogen) atoms. The van der Waals surface area contributed by atoms with Crippen molar-refractivity contribution in [3.63, 3.8) is 0 Å². The number of hydrogen-bond acceptors (Lipinski definition) is 1. The molecule has 0 heterocycles. The molecule has 0 saturated heterocycles. The van der Waals surface area contributed by atoms with Crippen LogP contribution in [0.2, 0.25) is 0 Å². The van der Waals surface area contributed by atoms with Crippen LogP contribution in [0.15, 0.2) is 30.3 Å². The molecular weight excluding hydrogens is 386 g/mol. The van der Waals surface area contributed by atoms with E-state index in [0.717, 1.165) is 6.54 Å². The fourth-order valence-corrected chi connectivity index (χ4v) is 4.20. The minimum atomic E-state index is 0. The predicted molar refractivity (Wildman–Crippen MR) is 139 cm³/mol. The summed E-state index contributed by atoms with van der Waals surface area (Å²) in [5.41, 5.74) is 1.44. The summed E-state index contributed by atoms with van der Waals surface area (Å²) in [7, 11) is 0. The van der Waals surface area contributed by atoms with E-state index in [-0.39, 0.29) is 12.4 Å². The van der Waals surface area contributed by atoms with Gasteiger partial charge < -0.3 is 0 Å². The summed E-state index contributed by atoms with van der Waals surface area (Å²) < 4.78 is 0. The summed E-state index contributed by atoms with van der Waals surface area (Å²) in [4.78, 5) is 2.62. The number of hydrogen-bond donors (Lipinski definition) is 0. The number of benzene rings is 1. The monoisotopic (exact) mass is 437 g/mol. The Kier molecular flexibility index (Phi) is 21.3. The van der Waals surface area contributed by atoms with Crippen molar-refractivity contribution in [2.24, 2.45) is 0 Å². The Bertz CT molecular complexity index is 445. The quantitative estimate of drug-likeness (QED) is 0.183. The Morgan fingerprint density at radius 2 is 1.00 bits per heavy atom. The number of nitrogens with zero attached hydrogens (tertiary/aromatic N) is 1. The van der Waals surface area contributed by atoms with E-state index in [1.165, 1.54) is 115 Å². The van der Waals surface area contributed by atoms with Crippen LogP contribution in [-0.2, 0) is 6.54 Å².